The van der Waals surface area contributed by atoms with Crippen LogP contribution in [-0.4, -0.2) is 67.4 Å². The fraction of sp³-hybridized carbons (Fsp3) is 0.684. The number of aromatic nitrogens is 1. The molecule has 1 saturated heterocycles. The van der Waals surface area contributed by atoms with Gasteiger partial charge in [-0.05, 0) is 89.3 Å². The van der Waals surface area contributed by atoms with Crippen LogP contribution in [0.3, 0.4) is 0 Å². The van der Waals surface area contributed by atoms with E-state index >= 15 is 0 Å². The molecule has 0 aliphatic carbocycles. The molecule has 10 nitrogen and oxygen atoms in total. The van der Waals surface area contributed by atoms with E-state index in [1.165, 1.54) is 18.4 Å². The highest BCUT2D eigenvalue weighted by Crippen LogP contribution is 2.32. The number of likely N-dealkylation sites (tertiary alicyclic amines) is 1. The number of benzene rings is 1. The van der Waals surface area contributed by atoms with E-state index < -0.39 is 0 Å². The van der Waals surface area contributed by atoms with Crippen LogP contribution in [0.15, 0.2) is 41.3 Å². The van der Waals surface area contributed by atoms with E-state index in [0.717, 1.165) is 62.3 Å². The molecule has 5 N–H and O–H groups in total. The van der Waals surface area contributed by atoms with E-state index in [9.17, 15) is 9.59 Å². The van der Waals surface area contributed by atoms with Crippen molar-refractivity contribution in [1.29, 1.82) is 0 Å². The van der Waals surface area contributed by atoms with Gasteiger partial charge in [0.2, 0.25) is 5.91 Å². The SMILES string of the molecule is C/C=C\CCC(CC)C[C@@H](C)CC(=O)N1CCCC1COCN.CC.CC(C)(C)OCOCN.O=c1[nH]ccc2c3c(ccc12)CCO3.[HH].[HH].[HH]. The molecule has 48 heavy (non-hydrogen) atoms. The fourth-order valence-corrected chi connectivity index (χ4v) is 5.78. The van der Waals surface area contributed by atoms with Crippen molar-refractivity contribution in [2.75, 3.05) is 40.0 Å². The third-order valence-corrected chi connectivity index (χ3v) is 8.24. The molecule has 1 aromatic carbocycles. The van der Waals surface area contributed by atoms with Gasteiger partial charge in [0.05, 0.1) is 43.7 Å². The number of carbonyl (C=O) groups is 1. The minimum Gasteiger partial charge on any atom is -0.492 e. The van der Waals surface area contributed by atoms with Crippen molar-refractivity contribution in [3.05, 3.63) is 52.5 Å². The van der Waals surface area contributed by atoms with Crippen LogP contribution in [0, 0.1) is 11.8 Å². The van der Waals surface area contributed by atoms with Gasteiger partial charge in [0, 0.05) is 35.2 Å². The van der Waals surface area contributed by atoms with Gasteiger partial charge in [0.15, 0.2) is 0 Å². The quantitative estimate of drug-likeness (QED) is 0.105. The van der Waals surface area contributed by atoms with E-state index in [0.29, 0.717) is 30.2 Å². The Balaban J connectivity index is -0.000000703. The number of allylic oxidation sites excluding steroid dienone is 2. The summed E-state index contributed by atoms with van der Waals surface area (Å²) >= 11 is 0. The minimum atomic E-state index is -0.130. The first-order chi connectivity index (χ1) is 23.0. The second-order valence-corrected chi connectivity index (χ2v) is 13.1. The number of hydrogen-bond donors (Lipinski definition) is 3. The molecule has 2 aliphatic heterocycles. The zero-order chi connectivity index (χ0) is 36.0. The third-order valence-electron chi connectivity index (χ3n) is 8.24. The lowest BCUT2D eigenvalue weighted by Gasteiger charge is -2.27. The maximum absolute atomic E-state index is 12.6. The number of nitrogens with two attached hydrogens (primary N) is 2. The Kier molecular flexibility index (Phi) is 22.0. The molecule has 1 amide bonds. The topological polar surface area (TPSA) is 142 Å². The maximum Gasteiger partial charge on any atom is 0.255 e. The standard InChI is InChI=1S/C19H36N2O2.C11H9NO2.C6H15NO2.C2H6.3H2/c1-4-6-7-9-17(5-2)12-16(3)13-19(22)21-11-8-10-18(21)14-23-15-20;13-11-9-2-1-7-4-6-14-10(7)8(9)3-5-12-11;1-6(2,3)9-5-8-4-7;1-2;;;/h4,6,16-18H,5,7-15,20H2,1-3H3;1-3,5H,4,6H2,(H,12,13);4-5,7H2,1-3H3;1-2H3;3*1H/b6-4-;;;;;;/t16-,17?,18?;;;;;;/m1....../s1. The largest absolute Gasteiger partial charge is 0.492 e. The molecule has 0 radical (unpaired) electrons. The number of pyridine rings is 1. The summed E-state index contributed by atoms with van der Waals surface area (Å²) < 4.78 is 20.8. The molecule has 4 rings (SSSR count). The van der Waals surface area contributed by atoms with Crippen molar-refractivity contribution >= 4 is 16.7 Å². The number of fused-ring (bicyclic) bond motifs is 3. The molecule has 0 bridgehead atoms. The fourth-order valence-electron chi connectivity index (χ4n) is 5.78. The van der Waals surface area contributed by atoms with Crippen molar-refractivity contribution in [2.24, 2.45) is 23.3 Å². The summed E-state index contributed by atoms with van der Waals surface area (Å²) in [6, 6.07) is 5.96. The first-order valence-corrected chi connectivity index (χ1v) is 17.9. The van der Waals surface area contributed by atoms with Gasteiger partial charge in [0.25, 0.3) is 5.56 Å². The summed E-state index contributed by atoms with van der Waals surface area (Å²) in [6.07, 6.45) is 14.5. The average Bonchev–Trinajstić information content (AvgIpc) is 3.75. The van der Waals surface area contributed by atoms with Gasteiger partial charge in [0.1, 0.15) is 12.5 Å². The van der Waals surface area contributed by atoms with Gasteiger partial charge in [-0.15, -0.1) is 0 Å². The maximum atomic E-state index is 12.6. The highest BCUT2D eigenvalue weighted by molar-refractivity contribution is 5.89. The van der Waals surface area contributed by atoms with Crippen LogP contribution >= 0.6 is 0 Å². The molecule has 2 aromatic rings. The first-order valence-electron chi connectivity index (χ1n) is 17.9. The molecule has 1 fully saturated rings. The summed E-state index contributed by atoms with van der Waals surface area (Å²) in [6.45, 7) is 19.4. The predicted molar refractivity (Wildman–Crippen MR) is 203 cm³/mol. The number of rotatable bonds is 14. The van der Waals surface area contributed by atoms with Crippen molar-refractivity contribution in [3.63, 3.8) is 0 Å². The van der Waals surface area contributed by atoms with E-state index in [4.69, 9.17) is 30.4 Å². The number of amides is 1. The molecule has 280 valence electrons. The predicted octanol–water partition coefficient (Wildman–Crippen LogP) is 7.63. The number of nitrogens with one attached hydrogen (secondary N) is 1. The van der Waals surface area contributed by atoms with Crippen molar-refractivity contribution in [1.82, 2.24) is 9.88 Å². The van der Waals surface area contributed by atoms with Crippen LogP contribution in [-0.2, 0) is 25.4 Å². The molecule has 2 aliphatic rings. The summed E-state index contributed by atoms with van der Waals surface area (Å²) in [5.74, 6) is 2.36. The Hall–Kier alpha value is -2.76. The summed E-state index contributed by atoms with van der Waals surface area (Å²) in [7, 11) is 0. The summed E-state index contributed by atoms with van der Waals surface area (Å²) in [4.78, 5) is 28.7. The smallest absolute Gasteiger partial charge is 0.255 e. The molecule has 3 atom stereocenters. The zero-order valence-electron chi connectivity index (χ0n) is 31.1. The van der Waals surface area contributed by atoms with Gasteiger partial charge in [-0.1, -0.05) is 52.3 Å². The number of H-pyrrole nitrogens is 1. The lowest BCUT2D eigenvalue weighted by Crippen LogP contribution is -2.39. The van der Waals surface area contributed by atoms with Crippen LogP contribution in [0.5, 0.6) is 5.75 Å². The second kappa shape index (κ2) is 24.4. The molecule has 10 heteroatoms. The first kappa shape index (κ1) is 43.3. The molecular formula is C38H72N4O6. The van der Waals surface area contributed by atoms with E-state index in [1.807, 2.05) is 57.7 Å². The number of aromatic amines is 1. The molecule has 2 unspecified atom stereocenters. The minimum absolute atomic E-state index is 0. The third kappa shape index (κ3) is 16.1. The Bertz CT molecular complexity index is 1260. The van der Waals surface area contributed by atoms with Crippen LogP contribution in [0.1, 0.15) is 110 Å². The van der Waals surface area contributed by atoms with Crippen LogP contribution < -0.4 is 21.8 Å². The van der Waals surface area contributed by atoms with E-state index in [2.05, 4.69) is 37.9 Å². The number of carbonyl (C=O) groups excluding carboxylic acids is 1. The van der Waals surface area contributed by atoms with E-state index in [-0.39, 0.29) is 41.7 Å². The van der Waals surface area contributed by atoms with Gasteiger partial charge in [-0.2, -0.15) is 0 Å². The van der Waals surface area contributed by atoms with Crippen molar-refractivity contribution in [3.8, 4) is 5.75 Å². The Morgan fingerprint density at radius 1 is 1.17 bits per heavy atom. The molecular weight excluding hydrogens is 608 g/mol. The monoisotopic (exact) mass is 681 g/mol. The molecule has 3 heterocycles. The van der Waals surface area contributed by atoms with Crippen LogP contribution in [0.4, 0.5) is 0 Å². The Morgan fingerprint density at radius 2 is 1.90 bits per heavy atom. The average molecular weight is 681 g/mol. The lowest BCUT2D eigenvalue weighted by molar-refractivity contribution is -0.134. The van der Waals surface area contributed by atoms with Crippen molar-refractivity contribution < 1.29 is 28.0 Å². The van der Waals surface area contributed by atoms with E-state index in [1.54, 1.807) is 6.20 Å². The number of hydrogen-bond acceptors (Lipinski definition) is 8. The Labute approximate surface area is 294 Å². The Morgan fingerprint density at radius 3 is 2.54 bits per heavy atom. The number of nitrogens with zero attached hydrogens (tertiary/aromatic N) is 1. The highest BCUT2D eigenvalue weighted by Gasteiger charge is 2.29. The second-order valence-electron chi connectivity index (χ2n) is 13.1. The van der Waals surface area contributed by atoms with Gasteiger partial charge in [-0.3, -0.25) is 9.59 Å². The lowest BCUT2D eigenvalue weighted by atomic mass is 9.88. The van der Waals surface area contributed by atoms with Gasteiger partial charge < -0.3 is 40.3 Å². The van der Waals surface area contributed by atoms with Gasteiger partial charge in [-0.25, -0.2) is 0 Å². The molecule has 0 spiro atoms. The highest BCUT2D eigenvalue weighted by atomic mass is 16.7. The summed E-state index contributed by atoms with van der Waals surface area (Å²) in [5, 5.41) is 1.62. The van der Waals surface area contributed by atoms with Crippen LogP contribution in [0.25, 0.3) is 10.8 Å². The normalized spacial score (nSPS) is 16.5. The number of ether oxygens (including phenoxy) is 4. The van der Waals surface area contributed by atoms with Crippen molar-refractivity contribution in [2.45, 2.75) is 118 Å². The zero-order valence-corrected chi connectivity index (χ0v) is 31.1. The summed E-state index contributed by atoms with van der Waals surface area (Å²) in [5.41, 5.74) is 11.5. The van der Waals surface area contributed by atoms with Gasteiger partial charge >= 0.3 is 0 Å². The van der Waals surface area contributed by atoms with Crippen LogP contribution in [0.2, 0.25) is 0 Å². The molecule has 1 aromatic heterocycles. The molecule has 0 saturated carbocycles.